The van der Waals surface area contributed by atoms with E-state index < -0.39 is 18.0 Å². The minimum atomic E-state index is -0.995. The lowest BCUT2D eigenvalue weighted by Gasteiger charge is -2.21. The van der Waals surface area contributed by atoms with Crippen LogP contribution in [0.25, 0.3) is 0 Å². The van der Waals surface area contributed by atoms with E-state index in [0.29, 0.717) is 31.5 Å². The molecular weight excluding hydrogens is 434 g/mol. The van der Waals surface area contributed by atoms with Gasteiger partial charge in [0.1, 0.15) is 29.9 Å². The fourth-order valence-electron chi connectivity index (χ4n) is 3.93. The second kappa shape index (κ2) is 12.2. The van der Waals surface area contributed by atoms with Gasteiger partial charge in [-0.3, -0.25) is 9.59 Å². The summed E-state index contributed by atoms with van der Waals surface area (Å²) < 4.78 is 11.6. The molecule has 0 saturated carbocycles. The Balaban J connectivity index is 1.70. The Labute approximate surface area is 200 Å². The predicted molar refractivity (Wildman–Crippen MR) is 129 cm³/mol. The van der Waals surface area contributed by atoms with Crippen LogP contribution in [0.2, 0.25) is 0 Å². The van der Waals surface area contributed by atoms with Crippen molar-refractivity contribution in [3.05, 3.63) is 59.2 Å². The summed E-state index contributed by atoms with van der Waals surface area (Å²) >= 11 is 0. The van der Waals surface area contributed by atoms with Gasteiger partial charge >= 0.3 is 0 Å². The van der Waals surface area contributed by atoms with E-state index in [0.717, 1.165) is 28.9 Å². The first-order valence-corrected chi connectivity index (χ1v) is 11.7. The maximum absolute atomic E-state index is 13.1. The van der Waals surface area contributed by atoms with Crippen LogP contribution < -0.4 is 25.8 Å². The van der Waals surface area contributed by atoms with Gasteiger partial charge < -0.3 is 30.6 Å². The van der Waals surface area contributed by atoms with E-state index in [1.54, 1.807) is 0 Å². The van der Waals surface area contributed by atoms with Crippen molar-refractivity contribution in [2.45, 2.75) is 64.3 Å². The van der Waals surface area contributed by atoms with Crippen LogP contribution in [0.15, 0.2) is 42.5 Å². The Morgan fingerprint density at radius 2 is 2.00 bits per heavy atom. The molecule has 0 bridgehead atoms. The van der Waals surface area contributed by atoms with Gasteiger partial charge in [0, 0.05) is 30.5 Å². The van der Waals surface area contributed by atoms with Gasteiger partial charge in [-0.15, -0.1) is 0 Å². The molecule has 2 amide bonds. The summed E-state index contributed by atoms with van der Waals surface area (Å²) in [5.41, 5.74) is 8.70. The number of hydrogen-bond donors (Lipinski definition) is 3. The molecule has 3 rings (SSSR count). The third-order valence-corrected chi connectivity index (χ3v) is 5.72. The van der Waals surface area contributed by atoms with Gasteiger partial charge in [0.15, 0.2) is 0 Å². The number of fused-ring (bicyclic) bond motifs is 1. The molecule has 3 unspecified atom stereocenters. The molecule has 34 heavy (non-hydrogen) atoms. The Morgan fingerprint density at radius 3 is 2.71 bits per heavy atom. The minimum Gasteiger partial charge on any atom is -0.494 e. The first-order valence-electron chi connectivity index (χ1n) is 11.7. The van der Waals surface area contributed by atoms with Gasteiger partial charge in [-0.2, -0.15) is 0 Å². The zero-order valence-electron chi connectivity index (χ0n) is 19.7. The van der Waals surface area contributed by atoms with Crippen LogP contribution >= 0.6 is 0 Å². The molecule has 2 aromatic carbocycles. The summed E-state index contributed by atoms with van der Waals surface area (Å²) in [6.07, 6.45) is 2.38. The number of amides is 2. The number of aldehydes is 1. The average molecular weight is 468 g/mol. The zero-order chi connectivity index (χ0) is 24.5. The predicted octanol–water partition coefficient (Wildman–Crippen LogP) is 2.06. The molecule has 182 valence electrons. The molecular formula is C26H33N3O5. The van der Waals surface area contributed by atoms with Crippen LogP contribution in [0.4, 0.5) is 0 Å². The number of carbonyl (C=O) groups is 3. The average Bonchev–Trinajstić information content (AvgIpc) is 3.19. The maximum Gasteiger partial charge on any atom is 0.242 e. The first kappa shape index (κ1) is 25.2. The Bertz CT molecular complexity index is 995. The van der Waals surface area contributed by atoms with Gasteiger partial charge in [0.05, 0.1) is 12.6 Å². The fourth-order valence-corrected chi connectivity index (χ4v) is 3.93. The van der Waals surface area contributed by atoms with Gasteiger partial charge in [0.2, 0.25) is 11.8 Å². The number of hydrogen-bond acceptors (Lipinski definition) is 6. The molecule has 0 fully saturated rings. The highest BCUT2D eigenvalue weighted by Crippen LogP contribution is 2.35. The van der Waals surface area contributed by atoms with Crippen molar-refractivity contribution in [3.63, 3.8) is 0 Å². The second-order valence-corrected chi connectivity index (χ2v) is 8.45. The Morgan fingerprint density at radius 1 is 1.24 bits per heavy atom. The van der Waals surface area contributed by atoms with E-state index in [1.807, 2.05) is 56.3 Å². The van der Waals surface area contributed by atoms with Gasteiger partial charge in [-0.1, -0.05) is 30.3 Å². The molecule has 0 aromatic heterocycles. The highest BCUT2D eigenvalue weighted by molar-refractivity contribution is 5.90. The smallest absolute Gasteiger partial charge is 0.242 e. The number of rotatable bonds is 12. The van der Waals surface area contributed by atoms with E-state index in [2.05, 4.69) is 10.6 Å². The van der Waals surface area contributed by atoms with Crippen LogP contribution in [-0.4, -0.2) is 42.9 Å². The number of nitrogens with one attached hydrogen (secondary N) is 2. The molecule has 0 radical (unpaired) electrons. The van der Waals surface area contributed by atoms with Gasteiger partial charge in [-0.25, -0.2) is 0 Å². The number of aryl methyl sites for hydroxylation is 1. The lowest BCUT2D eigenvalue weighted by Crippen LogP contribution is -2.51. The molecule has 4 N–H and O–H groups in total. The van der Waals surface area contributed by atoms with E-state index in [4.69, 9.17) is 15.2 Å². The van der Waals surface area contributed by atoms with Crippen LogP contribution in [-0.2, 0) is 33.8 Å². The van der Waals surface area contributed by atoms with E-state index >= 15 is 0 Å². The third kappa shape index (κ3) is 6.81. The molecule has 1 heterocycles. The number of benzene rings is 2. The summed E-state index contributed by atoms with van der Waals surface area (Å²) in [5, 5.41) is 5.62. The molecule has 8 nitrogen and oxygen atoms in total. The van der Waals surface area contributed by atoms with Crippen molar-refractivity contribution in [1.29, 1.82) is 0 Å². The largest absolute Gasteiger partial charge is 0.494 e. The topological polar surface area (TPSA) is 120 Å². The fraction of sp³-hybridized carbons (Fsp3) is 0.423. The minimum absolute atomic E-state index is 0.0995. The third-order valence-electron chi connectivity index (χ3n) is 5.72. The maximum atomic E-state index is 13.1. The van der Waals surface area contributed by atoms with E-state index in [9.17, 15) is 14.4 Å². The van der Waals surface area contributed by atoms with Crippen molar-refractivity contribution in [1.82, 2.24) is 10.6 Å². The molecule has 8 heteroatoms. The number of nitrogens with two attached hydrogens (primary N) is 1. The summed E-state index contributed by atoms with van der Waals surface area (Å²) in [7, 11) is 0. The molecule has 0 spiro atoms. The number of carbonyl (C=O) groups excluding carboxylic acids is 3. The first-order chi connectivity index (χ1) is 16.4. The van der Waals surface area contributed by atoms with Crippen molar-refractivity contribution < 1.29 is 23.9 Å². The molecule has 3 atom stereocenters. The summed E-state index contributed by atoms with van der Waals surface area (Å²) in [6, 6.07) is 11.8. The monoisotopic (exact) mass is 467 g/mol. The van der Waals surface area contributed by atoms with E-state index in [1.165, 1.54) is 0 Å². The summed E-state index contributed by atoms with van der Waals surface area (Å²) in [4.78, 5) is 36.3. The van der Waals surface area contributed by atoms with Gasteiger partial charge in [-0.05, 0) is 44.4 Å². The van der Waals surface area contributed by atoms with E-state index in [-0.39, 0.29) is 25.0 Å². The summed E-state index contributed by atoms with van der Waals surface area (Å²) in [5.74, 6) is 0.640. The zero-order valence-corrected chi connectivity index (χ0v) is 19.7. The molecule has 0 aliphatic carbocycles. The van der Waals surface area contributed by atoms with Crippen molar-refractivity contribution in [2.24, 2.45) is 5.73 Å². The van der Waals surface area contributed by atoms with Crippen LogP contribution in [0.5, 0.6) is 11.5 Å². The van der Waals surface area contributed by atoms with Crippen molar-refractivity contribution in [3.8, 4) is 11.5 Å². The highest BCUT2D eigenvalue weighted by Gasteiger charge is 2.25. The van der Waals surface area contributed by atoms with Crippen molar-refractivity contribution in [2.75, 3.05) is 6.61 Å². The van der Waals surface area contributed by atoms with Crippen molar-refractivity contribution >= 4 is 18.1 Å². The van der Waals surface area contributed by atoms with Crippen LogP contribution in [0, 0.1) is 0 Å². The molecule has 0 saturated heterocycles. The summed E-state index contributed by atoms with van der Waals surface area (Å²) in [6.45, 7) is 4.64. The Kier molecular flexibility index (Phi) is 9.04. The highest BCUT2D eigenvalue weighted by atomic mass is 16.5. The molecule has 1 aliphatic rings. The second-order valence-electron chi connectivity index (χ2n) is 8.45. The van der Waals surface area contributed by atoms with Gasteiger partial charge in [0.25, 0.3) is 0 Å². The van der Waals surface area contributed by atoms with Crippen LogP contribution in [0.3, 0.4) is 0 Å². The normalized spacial score (nSPS) is 16.0. The Hall–Kier alpha value is -3.39. The van der Waals surface area contributed by atoms with Crippen LogP contribution in [0.1, 0.15) is 43.4 Å². The lowest BCUT2D eigenvalue weighted by atomic mass is 10.0. The molecule has 1 aliphatic heterocycles. The number of ether oxygens (including phenoxy) is 2. The quantitative estimate of drug-likeness (QED) is 0.411. The molecule has 2 aromatic rings. The SMILES string of the molecule is CCOc1cc2c(cc1CNC(=O)C(CCc1ccccc1)NC(=O)C(N)CC=O)OC(C)C2. The lowest BCUT2D eigenvalue weighted by molar-refractivity contribution is -0.130. The standard InChI is InChI=1S/C26H33N3O5/c1-3-33-23-14-19-13-17(2)34-24(19)15-20(23)16-28-26(32)22(29-25(31)21(27)11-12-30)10-9-18-7-5-4-6-8-18/h4-8,12,14-15,17,21-22H,3,9-11,13,16,27H2,1-2H3,(H,28,32)(H,29,31).